The Morgan fingerprint density at radius 3 is 2.62 bits per heavy atom. The second kappa shape index (κ2) is 7.64. The quantitative estimate of drug-likeness (QED) is 0.813. The average Bonchev–Trinajstić information content (AvgIpc) is 3.33. The van der Waals surface area contributed by atoms with Crippen LogP contribution >= 0.6 is 11.6 Å². The molecule has 1 atom stereocenters. The van der Waals surface area contributed by atoms with Gasteiger partial charge in [0.15, 0.2) is 0 Å². The zero-order valence-electron chi connectivity index (χ0n) is 14.6. The third-order valence-corrected chi connectivity index (χ3v) is 5.27. The third-order valence-electron chi connectivity index (χ3n) is 5.02. The molecule has 0 bridgehead atoms. The Kier molecular flexibility index (Phi) is 5.09. The summed E-state index contributed by atoms with van der Waals surface area (Å²) >= 11 is 5.99. The molecule has 0 saturated carbocycles. The van der Waals surface area contributed by atoms with Crippen molar-refractivity contribution < 1.29 is 9.21 Å². The van der Waals surface area contributed by atoms with Crippen molar-refractivity contribution >= 4 is 23.2 Å². The fraction of sp³-hybridized carbons (Fsp3) is 0.400. The number of piperidine rings is 1. The van der Waals surface area contributed by atoms with Crippen molar-refractivity contribution in [2.24, 2.45) is 5.10 Å². The number of hydrogen-bond acceptors (Lipinski definition) is 4. The zero-order valence-corrected chi connectivity index (χ0v) is 15.4. The summed E-state index contributed by atoms with van der Waals surface area (Å²) in [5.41, 5.74) is 1.87. The Morgan fingerprint density at radius 2 is 1.92 bits per heavy atom. The van der Waals surface area contributed by atoms with Gasteiger partial charge in [0.05, 0.1) is 18.5 Å². The normalized spacial score (nSPS) is 21.0. The van der Waals surface area contributed by atoms with Gasteiger partial charge in [0.1, 0.15) is 11.8 Å². The molecule has 136 valence electrons. The Bertz CT molecular complexity index is 780. The van der Waals surface area contributed by atoms with Gasteiger partial charge in [0, 0.05) is 11.4 Å². The van der Waals surface area contributed by atoms with Crippen molar-refractivity contribution in [3.63, 3.8) is 0 Å². The van der Waals surface area contributed by atoms with Crippen LogP contribution in [-0.2, 0) is 4.79 Å². The summed E-state index contributed by atoms with van der Waals surface area (Å²) in [6, 6.07) is 11.2. The van der Waals surface area contributed by atoms with Crippen LogP contribution in [0.25, 0.3) is 0 Å². The maximum Gasteiger partial charge on any atom is 0.257 e. The molecule has 1 amide bonds. The minimum absolute atomic E-state index is 0.0252. The van der Waals surface area contributed by atoms with Crippen molar-refractivity contribution in [3.05, 3.63) is 59.0 Å². The van der Waals surface area contributed by atoms with Gasteiger partial charge < -0.3 is 4.42 Å². The number of carbonyl (C=O) groups is 1. The number of nitrogens with zero attached hydrogens (tertiary/aromatic N) is 3. The van der Waals surface area contributed by atoms with E-state index in [1.807, 2.05) is 36.4 Å². The van der Waals surface area contributed by atoms with Crippen LogP contribution in [0.15, 0.2) is 52.2 Å². The van der Waals surface area contributed by atoms with Gasteiger partial charge in [-0.05, 0) is 55.8 Å². The Labute approximate surface area is 158 Å². The van der Waals surface area contributed by atoms with Crippen LogP contribution in [0.4, 0.5) is 0 Å². The van der Waals surface area contributed by atoms with Gasteiger partial charge in [-0.3, -0.25) is 9.69 Å². The first-order chi connectivity index (χ1) is 12.7. The van der Waals surface area contributed by atoms with Crippen LogP contribution in [0.2, 0.25) is 5.02 Å². The fourth-order valence-electron chi connectivity index (χ4n) is 3.64. The molecule has 1 aromatic heterocycles. The lowest BCUT2D eigenvalue weighted by Crippen LogP contribution is -2.40. The Hall–Kier alpha value is -2.11. The second-order valence-electron chi connectivity index (χ2n) is 6.86. The number of benzene rings is 1. The van der Waals surface area contributed by atoms with E-state index in [1.165, 1.54) is 6.42 Å². The van der Waals surface area contributed by atoms with Gasteiger partial charge in [-0.25, -0.2) is 5.01 Å². The van der Waals surface area contributed by atoms with Crippen molar-refractivity contribution in [2.45, 2.75) is 31.7 Å². The highest BCUT2D eigenvalue weighted by atomic mass is 35.5. The molecule has 3 heterocycles. The van der Waals surface area contributed by atoms with E-state index in [4.69, 9.17) is 16.0 Å². The zero-order chi connectivity index (χ0) is 17.9. The fourth-order valence-corrected chi connectivity index (χ4v) is 3.77. The summed E-state index contributed by atoms with van der Waals surface area (Å²) in [6.07, 6.45) is 5.86. The molecule has 1 aromatic carbocycles. The highest BCUT2D eigenvalue weighted by molar-refractivity contribution is 6.30. The van der Waals surface area contributed by atoms with E-state index >= 15 is 0 Å². The smallest absolute Gasteiger partial charge is 0.257 e. The Balaban J connectivity index is 1.56. The van der Waals surface area contributed by atoms with Gasteiger partial charge in [-0.2, -0.15) is 5.10 Å². The molecule has 4 rings (SSSR count). The van der Waals surface area contributed by atoms with Crippen LogP contribution in [0.1, 0.15) is 43.0 Å². The van der Waals surface area contributed by atoms with Crippen LogP contribution in [0.3, 0.4) is 0 Å². The standard InChI is InChI=1S/C20H22ClN3O2/c21-16-8-6-15(7-9-16)17-13-18(19-5-4-12-26-19)24(22-17)20(25)14-23-10-2-1-3-11-23/h4-9,12,18H,1-3,10-11,13-14H2/t18-/m1/s1. The number of furan rings is 1. The van der Waals surface area contributed by atoms with E-state index in [-0.39, 0.29) is 11.9 Å². The second-order valence-corrected chi connectivity index (χ2v) is 7.30. The number of halogens is 1. The summed E-state index contributed by atoms with van der Waals surface area (Å²) in [5, 5.41) is 6.96. The average molecular weight is 372 g/mol. The first-order valence-electron chi connectivity index (χ1n) is 9.12. The molecule has 0 N–H and O–H groups in total. The van der Waals surface area contributed by atoms with Gasteiger partial charge in [-0.15, -0.1) is 0 Å². The first kappa shape index (κ1) is 17.3. The summed E-state index contributed by atoms with van der Waals surface area (Å²) < 4.78 is 5.59. The maximum absolute atomic E-state index is 13.0. The maximum atomic E-state index is 13.0. The molecule has 1 saturated heterocycles. The molecule has 2 aliphatic rings. The summed E-state index contributed by atoms with van der Waals surface area (Å²) in [6.45, 7) is 2.38. The van der Waals surface area contributed by atoms with Gasteiger partial charge in [0.2, 0.25) is 0 Å². The van der Waals surface area contributed by atoms with E-state index in [0.29, 0.717) is 18.0 Å². The molecule has 1 fully saturated rings. The van der Waals surface area contributed by atoms with Gasteiger partial charge >= 0.3 is 0 Å². The monoisotopic (exact) mass is 371 g/mol. The lowest BCUT2D eigenvalue weighted by atomic mass is 10.0. The Morgan fingerprint density at radius 1 is 1.15 bits per heavy atom. The van der Waals surface area contributed by atoms with Gasteiger partial charge in [-0.1, -0.05) is 30.2 Å². The predicted octanol–water partition coefficient (Wildman–Crippen LogP) is 4.10. The van der Waals surface area contributed by atoms with Crippen molar-refractivity contribution in [2.75, 3.05) is 19.6 Å². The number of rotatable bonds is 4. The van der Waals surface area contributed by atoms with Gasteiger partial charge in [0.25, 0.3) is 5.91 Å². The van der Waals surface area contributed by atoms with E-state index in [9.17, 15) is 4.79 Å². The molecule has 0 unspecified atom stereocenters. The van der Waals surface area contributed by atoms with E-state index < -0.39 is 0 Å². The van der Waals surface area contributed by atoms with E-state index in [2.05, 4.69) is 10.0 Å². The molecule has 2 aliphatic heterocycles. The molecule has 5 nitrogen and oxygen atoms in total. The van der Waals surface area contributed by atoms with Crippen LogP contribution < -0.4 is 0 Å². The van der Waals surface area contributed by atoms with Crippen molar-refractivity contribution in [1.29, 1.82) is 0 Å². The van der Waals surface area contributed by atoms with Crippen LogP contribution in [-0.4, -0.2) is 41.2 Å². The highest BCUT2D eigenvalue weighted by Crippen LogP contribution is 2.33. The topological polar surface area (TPSA) is 49.1 Å². The van der Waals surface area contributed by atoms with E-state index in [0.717, 1.165) is 43.0 Å². The lowest BCUT2D eigenvalue weighted by molar-refractivity contribution is -0.134. The number of carbonyl (C=O) groups excluding carboxylic acids is 1. The minimum Gasteiger partial charge on any atom is -0.467 e. The van der Waals surface area contributed by atoms with Crippen LogP contribution in [0, 0.1) is 0 Å². The number of hydrogen-bond donors (Lipinski definition) is 0. The minimum atomic E-state index is -0.187. The van der Waals surface area contributed by atoms with Crippen molar-refractivity contribution in [3.8, 4) is 0 Å². The largest absolute Gasteiger partial charge is 0.467 e. The number of hydrazone groups is 1. The van der Waals surface area contributed by atoms with E-state index in [1.54, 1.807) is 11.3 Å². The molecular formula is C20H22ClN3O2. The van der Waals surface area contributed by atoms with Crippen molar-refractivity contribution in [1.82, 2.24) is 9.91 Å². The third kappa shape index (κ3) is 3.69. The summed E-state index contributed by atoms with van der Waals surface area (Å²) in [4.78, 5) is 15.2. The predicted molar refractivity (Wildman–Crippen MR) is 101 cm³/mol. The molecule has 2 aromatic rings. The highest BCUT2D eigenvalue weighted by Gasteiger charge is 2.35. The summed E-state index contributed by atoms with van der Waals surface area (Å²) in [7, 11) is 0. The number of likely N-dealkylation sites (tertiary alicyclic amines) is 1. The lowest BCUT2D eigenvalue weighted by Gasteiger charge is -2.28. The summed E-state index contributed by atoms with van der Waals surface area (Å²) in [5.74, 6) is 0.793. The molecule has 0 spiro atoms. The SMILES string of the molecule is O=C(CN1CCCCC1)N1N=C(c2ccc(Cl)cc2)C[C@@H]1c1ccco1. The first-order valence-corrected chi connectivity index (χ1v) is 9.50. The molecule has 6 heteroatoms. The molecule has 0 radical (unpaired) electrons. The molecule has 0 aliphatic carbocycles. The molecule has 26 heavy (non-hydrogen) atoms. The number of amides is 1. The van der Waals surface area contributed by atoms with Crippen LogP contribution in [0.5, 0.6) is 0 Å². The molecular weight excluding hydrogens is 350 g/mol.